The zero-order valence-corrected chi connectivity index (χ0v) is 9.66. The fraction of sp³-hybridized carbons (Fsp3) is 0.417. The maximum Gasteiger partial charge on any atom is 0.319 e. The van der Waals surface area contributed by atoms with Gasteiger partial charge in [-0.3, -0.25) is 4.79 Å². The van der Waals surface area contributed by atoms with Crippen molar-refractivity contribution in [1.82, 2.24) is 5.32 Å². The number of hydrogen-bond donors (Lipinski definition) is 1. The summed E-state index contributed by atoms with van der Waals surface area (Å²) in [6.45, 7) is 3.37. The van der Waals surface area contributed by atoms with Gasteiger partial charge in [-0.1, -0.05) is 12.1 Å². The summed E-state index contributed by atoms with van der Waals surface area (Å²) >= 11 is 0. The number of aryl methyl sites for hydroxylation is 1. The first kappa shape index (κ1) is 12.5. The first-order chi connectivity index (χ1) is 7.72. The molecule has 0 heterocycles. The largest absolute Gasteiger partial charge is 0.492 e. The molecule has 16 heavy (non-hydrogen) atoms. The number of ether oxygens (including phenoxy) is 2. The number of hydrogen-bond acceptors (Lipinski definition) is 4. The van der Waals surface area contributed by atoms with Gasteiger partial charge in [-0.15, -0.1) is 0 Å². The Morgan fingerprint density at radius 3 is 2.94 bits per heavy atom. The first-order valence-electron chi connectivity index (χ1n) is 5.19. The third kappa shape index (κ3) is 4.79. The fourth-order valence-electron chi connectivity index (χ4n) is 1.21. The highest BCUT2D eigenvalue weighted by atomic mass is 16.5. The van der Waals surface area contributed by atoms with Crippen molar-refractivity contribution in [3.05, 3.63) is 29.8 Å². The summed E-state index contributed by atoms with van der Waals surface area (Å²) in [4.78, 5) is 10.8. The van der Waals surface area contributed by atoms with Gasteiger partial charge in [0.05, 0.1) is 13.7 Å². The highest BCUT2D eigenvalue weighted by Gasteiger charge is 1.98. The molecule has 88 valence electrons. The Balaban J connectivity index is 2.14. The maximum atomic E-state index is 10.8. The third-order valence-corrected chi connectivity index (χ3v) is 2.03. The molecular formula is C12H17NO3. The Labute approximate surface area is 95.6 Å². The summed E-state index contributed by atoms with van der Waals surface area (Å²) in [6.07, 6.45) is 0. The average molecular weight is 223 g/mol. The Kier molecular flexibility index (Phi) is 5.36. The molecule has 0 aliphatic rings. The number of nitrogens with one attached hydrogen (secondary N) is 1. The summed E-state index contributed by atoms with van der Waals surface area (Å²) in [5.41, 5.74) is 1.17. The molecule has 0 spiro atoms. The molecule has 1 rings (SSSR count). The second-order valence-corrected chi connectivity index (χ2v) is 3.42. The summed E-state index contributed by atoms with van der Waals surface area (Å²) < 4.78 is 9.98. The van der Waals surface area contributed by atoms with E-state index in [0.717, 1.165) is 5.75 Å². The number of rotatable bonds is 6. The van der Waals surface area contributed by atoms with E-state index in [9.17, 15) is 4.79 Å². The second-order valence-electron chi connectivity index (χ2n) is 3.42. The first-order valence-corrected chi connectivity index (χ1v) is 5.19. The van der Waals surface area contributed by atoms with Gasteiger partial charge in [0.2, 0.25) is 0 Å². The van der Waals surface area contributed by atoms with E-state index in [2.05, 4.69) is 10.1 Å². The number of benzene rings is 1. The fourth-order valence-corrected chi connectivity index (χ4v) is 1.21. The van der Waals surface area contributed by atoms with Crippen LogP contribution in [0.3, 0.4) is 0 Å². The van der Waals surface area contributed by atoms with Gasteiger partial charge in [-0.25, -0.2) is 0 Å². The molecule has 0 aliphatic heterocycles. The van der Waals surface area contributed by atoms with Crippen molar-refractivity contribution in [1.29, 1.82) is 0 Å². The molecule has 0 atom stereocenters. The van der Waals surface area contributed by atoms with E-state index in [-0.39, 0.29) is 12.5 Å². The molecule has 0 fully saturated rings. The van der Waals surface area contributed by atoms with Crippen molar-refractivity contribution >= 4 is 5.97 Å². The van der Waals surface area contributed by atoms with Crippen molar-refractivity contribution in [2.75, 3.05) is 26.8 Å². The lowest BCUT2D eigenvalue weighted by molar-refractivity contribution is -0.139. The second kappa shape index (κ2) is 6.85. The van der Waals surface area contributed by atoms with Crippen molar-refractivity contribution in [3.8, 4) is 5.75 Å². The molecule has 0 unspecified atom stereocenters. The standard InChI is InChI=1S/C12H17NO3/c1-10-4-3-5-11(8-10)16-7-6-13-9-12(14)15-2/h3-5,8,13H,6-7,9H2,1-2H3. The molecule has 0 aliphatic carbocycles. The van der Waals surface area contributed by atoms with Crippen LogP contribution >= 0.6 is 0 Å². The minimum absolute atomic E-state index is 0.216. The lowest BCUT2D eigenvalue weighted by Crippen LogP contribution is -2.27. The molecule has 0 saturated carbocycles. The summed E-state index contributed by atoms with van der Waals surface area (Å²) in [5, 5.41) is 2.92. The molecule has 0 radical (unpaired) electrons. The summed E-state index contributed by atoms with van der Waals surface area (Å²) in [5.74, 6) is 0.579. The highest BCUT2D eigenvalue weighted by molar-refractivity contribution is 5.71. The maximum absolute atomic E-state index is 10.8. The van der Waals surface area contributed by atoms with Gasteiger partial charge in [-0.2, -0.15) is 0 Å². The molecule has 4 heteroatoms. The normalized spacial score (nSPS) is 9.88. The Morgan fingerprint density at radius 1 is 1.44 bits per heavy atom. The van der Waals surface area contributed by atoms with Crippen LogP contribution in [0.2, 0.25) is 0 Å². The quantitative estimate of drug-likeness (QED) is 0.580. The molecule has 1 N–H and O–H groups in total. The van der Waals surface area contributed by atoms with E-state index in [0.29, 0.717) is 13.2 Å². The van der Waals surface area contributed by atoms with E-state index in [4.69, 9.17) is 4.74 Å². The van der Waals surface area contributed by atoms with Gasteiger partial charge in [0.1, 0.15) is 12.4 Å². The van der Waals surface area contributed by atoms with Crippen LogP contribution < -0.4 is 10.1 Å². The van der Waals surface area contributed by atoms with Crippen molar-refractivity contribution in [2.45, 2.75) is 6.92 Å². The van der Waals surface area contributed by atoms with E-state index in [1.54, 1.807) is 0 Å². The lowest BCUT2D eigenvalue weighted by atomic mass is 10.2. The topological polar surface area (TPSA) is 47.6 Å². The van der Waals surface area contributed by atoms with Gasteiger partial charge < -0.3 is 14.8 Å². The van der Waals surface area contributed by atoms with Crippen LogP contribution in [-0.2, 0) is 9.53 Å². The summed E-state index contributed by atoms with van der Waals surface area (Å²) in [6, 6.07) is 7.85. The molecule has 0 bridgehead atoms. The van der Waals surface area contributed by atoms with Crippen molar-refractivity contribution < 1.29 is 14.3 Å². The number of esters is 1. The average Bonchev–Trinajstić information content (AvgIpc) is 2.28. The molecule has 4 nitrogen and oxygen atoms in total. The molecule has 0 aromatic heterocycles. The SMILES string of the molecule is COC(=O)CNCCOc1cccc(C)c1. The third-order valence-electron chi connectivity index (χ3n) is 2.03. The Morgan fingerprint density at radius 2 is 2.25 bits per heavy atom. The van der Waals surface area contributed by atoms with Crippen LogP contribution in [0.4, 0.5) is 0 Å². The zero-order chi connectivity index (χ0) is 11.8. The monoisotopic (exact) mass is 223 g/mol. The van der Waals surface area contributed by atoms with Gasteiger partial charge in [0, 0.05) is 6.54 Å². The van der Waals surface area contributed by atoms with Crippen LogP contribution in [-0.4, -0.2) is 32.8 Å². The van der Waals surface area contributed by atoms with Gasteiger partial charge in [0.15, 0.2) is 0 Å². The number of carbonyl (C=O) groups excluding carboxylic acids is 1. The van der Waals surface area contributed by atoms with Gasteiger partial charge in [-0.05, 0) is 24.6 Å². The summed E-state index contributed by atoms with van der Waals surface area (Å²) in [7, 11) is 1.37. The van der Waals surface area contributed by atoms with Crippen LogP contribution in [0.15, 0.2) is 24.3 Å². The van der Waals surface area contributed by atoms with E-state index >= 15 is 0 Å². The minimum Gasteiger partial charge on any atom is -0.492 e. The lowest BCUT2D eigenvalue weighted by Gasteiger charge is -2.07. The van der Waals surface area contributed by atoms with E-state index in [1.165, 1.54) is 12.7 Å². The van der Waals surface area contributed by atoms with Crippen LogP contribution in [0.25, 0.3) is 0 Å². The highest BCUT2D eigenvalue weighted by Crippen LogP contribution is 2.11. The Bertz CT molecular complexity index is 339. The molecule has 1 aromatic rings. The molecular weight excluding hydrogens is 206 g/mol. The predicted octanol–water partition coefficient (Wildman–Crippen LogP) is 1.14. The smallest absolute Gasteiger partial charge is 0.319 e. The van der Waals surface area contributed by atoms with E-state index < -0.39 is 0 Å². The van der Waals surface area contributed by atoms with Gasteiger partial charge >= 0.3 is 5.97 Å². The zero-order valence-electron chi connectivity index (χ0n) is 9.66. The molecule has 0 amide bonds. The van der Waals surface area contributed by atoms with E-state index in [1.807, 2.05) is 31.2 Å². The molecule has 0 saturated heterocycles. The van der Waals surface area contributed by atoms with Crippen LogP contribution in [0.1, 0.15) is 5.56 Å². The Hall–Kier alpha value is -1.55. The number of carbonyl (C=O) groups is 1. The predicted molar refractivity (Wildman–Crippen MR) is 61.6 cm³/mol. The van der Waals surface area contributed by atoms with Crippen molar-refractivity contribution in [2.24, 2.45) is 0 Å². The van der Waals surface area contributed by atoms with Crippen LogP contribution in [0.5, 0.6) is 5.75 Å². The molecule has 1 aromatic carbocycles. The van der Waals surface area contributed by atoms with Crippen molar-refractivity contribution in [3.63, 3.8) is 0 Å². The van der Waals surface area contributed by atoms with Crippen LogP contribution in [0, 0.1) is 6.92 Å². The van der Waals surface area contributed by atoms with Gasteiger partial charge in [0.25, 0.3) is 0 Å². The minimum atomic E-state index is -0.268. The number of methoxy groups -OCH3 is 1.